The van der Waals surface area contributed by atoms with Gasteiger partial charge in [0.1, 0.15) is 6.61 Å². The van der Waals surface area contributed by atoms with Gasteiger partial charge in [-0.3, -0.25) is 9.59 Å². The Kier molecular flexibility index (Phi) is 6.92. The van der Waals surface area contributed by atoms with Gasteiger partial charge in [-0.25, -0.2) is 4.39 Å². The summed E-state index contributed by atoms with van der Waals surface area (Å²) in [5.41, 5.74) is 3.28. The monoisotopic (exact) mass is 441 g/mol. The zero-order valence-corrected chi connectivity index (χ0v) is 17.8. The Morgan fingerprint density at radius 2 is 1.84 bits per heavy atom. The van der Waals surface area contributed by atoms with Crippen LogP contribution in [0, 0.1) is 19.7 Å². The van der Waals surface area contributed by atoms with Crippen LogP contribution in [0.25, 0.3) is 0 Å². The number of ether oxygens (including phenoxy) is 1. The number of carboxylic acid groups (broad SMARTS) is 1. The quantitative estimate of drug-likeness (QED) is 0.503. The molecule has 3 rings (SSSR count). The summed E-state index contributed by atoms with van der Waals surface area (Å²) in [4.78, 5) is 23.6. The van der Waals surface area contributed by atoms with Gasteiger partial charge in [0.25, 0.3) is 5.91 Å². The van der Waals surface area contributed by atoms with E-state index in [1.54, 1.807) is 25.1 Å². The normalized spacial score (nSPS) is 10.6. The third kappa shape index (κ3) is 5.61. The van der Waals surface area contributed by atoms with Crippen molar-refractivity contribution in [2.24, 2.45) is 0 Å². The second-order valence-electron chi connectivity index (χ2n) is 7.19. The van der Waals surface area contributed by atoms with Crippen LogP contribution in [0.3, 0.4) is 0 Å². The van der Waals surface area contributed by atoms with Gasteiger partial charge >= 0.3 is 5.97 Å². The predicted molar refractivity (Wildman–Crippen MR) is 117 cm³/mol. The molecular weight excluding hydrogens is 421 g/mol. The molecular formula is C24H21ClFNO4. The van der Waals surface area contributed by atoms with E-state index in [4.69, 9.17) is 21.4 Å². The number of amides is 1. The SMILES string of the molecule is Cc1cccc(COc2ccc(Cl)c(C(=O)Nc3ccc(CC(=O)O)cc3C)c2F)c1. The van der Waals surface area contributed by atoms with Crippen LogP contribution >= 0.6 is 11.6 Å². The molecule has 0 heterocycles. The molecule has 0 aliphatic carbocycles. The highest BCUT2D eigenvalue weighted by molar-refractivity contribution is 6.34. The number of halogens is 2. The summed E-state index contributed by atoms with van der Waals surface area (Å²) in [6, 6.07) is 15.3. The number of carbonyl (C=O) groups is 2. The molecule has 0 saturated carbocycles. The fraction of sp³-hybridized carbons (Fsp3) is 0.167. The third-order valence-electron chi connectivity index (χ3n) is 4.65. The Morgan fingerprint density at radius 3 is 2.52 bits per heavy atom. The summed E-state index contributed by atoms with van der Waals surface area (Å²) in [6.07, 6.45) is -0.129. The van der Waals surface area contributed by atoms with Crippen LogP contribution in [0.4, 0.5) is 10.1 Å². The third-order valence-corrected chi connectivity index (χ3v) is 4.97. The molecule has 3 aromatic rings. The lowest BCUT2D eigenvalue weighted by molar-refractivity contribution is -0.136. The van der Waals surface area contributed by atoms with Gasteiger partial charge < -0.3 is 15.2 Å². The molecule has 0 radical (unpaired) electrons. The van der Waals surface area contributed by atoms with Crippen molar-refractivity contribution >= 4 is 29.2 Å². The van der Waals surface area contributed by atoms with Crippen LogP contribution in [-0.2, 0) is 17.8 Å². The van der Waals surface area contributed by atoms with Crippen molar-refractivity contribution in [3.8, 4) is 5.75 Å². The summed E-state index contributed by atoms with van der Waals surface area (Å²) in [6.45, 7) is 3.82. The Morgan fingerprint density at radius 1 is 1.06 bits per heavy atom. The zero-order chi connectivity index (χ0) is 22.5. The van der Waals surface area contributed by atoms with Crippen molar-refractivity contribution in [3.63, 3.8) is 0 Å². The molecule has 0 fully saturated rings. The molecule has 0 unspecified atom stereocenters. The average Bonchev–Trinajstić information content (AvgIpc) is 2.69. The summed E-state index contributed by atoms with van der Waals surface area (Å²) in [5, 5.41) is 11.5. The molecule has 0 saturated heterocycles. The van der Waals surface area contributed by atoms with Crippen LogP contribution in [0.2, 0.25) is 5.02 Å². The molecule has 0 aromatic heterocycles. The molecule has 5 nitrogen and oxygen atoms in total. The minimum absolute atomic E-state index is 0.0435. The Hall–Kier alpha value is -3.38. The topological polar surface area (TPSA) is 75.6 Å². The number of aryl methyl sites for hydroxylation is 2. The first-order chi connectivity index (χ1) is 14.7. The van der Waals surface area contributed by atoms with Crippen molar-refractivity contribution in [1.82, 2.24) is 0 Å². The number of hydrogen-bond acceptors (Lipinski definition) is 3. The lowest BCUT2D eigenvalue weighted by Gasteiger charge is -2.14. The number of hydrogen-bond donors (Lipinski definition) is 2. The minimum Gasteiger partial charge on any atom is -0.486 e. The number of carboxylic acids is 1. The molecule has 3 aromatic carbocycles. The number of aliphatic carboxylic acids is 1. The predicted octanol–water partition coefficient (Wildman–Crippen LogP) is 5.55. The van der Waals surface area contributed by atoms with E-state index >= 15 is 4.39 Å². The summed E-state index contributed by atoms with van der Waals surface area (Å²) in [7, 11) is 0. The molecule has 160 valence electrons. The highest BCUT2D eigenvalue weighted by Crippen LogP contribution is 2.29. The largest absolute Gasteiger partial charge is 0.486 e. The lowest BCUT2D eigenvalue weighted by atomic mass is 10.1. The Balaban J connectivity index is 1.79. The molecule has 2 N–H and O–H groups in total. The van der Waals surface area contributed by atoms with Crippen molar-refractivity contribution in [1.29, 1.82) is 0 Å². The van der Waals surface area contributed by atoms with Crippen LogP contribution in [-0.4, -0.2) is 17.0 Å². The smallest absolute Gasteiger partial charge is 0.307 e. The van der Waals surface area contributed by atoms with E-state index in [1.807, 2.05) is 31.2 Å². The van der Waals surface area contributed by atoms with E-state index < -0.39 is 17.7 Å². The van der Waals surface area contributed by atoms with Crippen molar-refractivity contribution < 1.29 is 23.8 Å². The highest BCUT2D eigenvalue weighted by Gasteiger charge is 2.21. The van der Waals surface area contributed by atoms with E-state index in [2.05, 4.69) is 5.32 Å². The fourth-order valence-corrected chi connectivity index (χ4v) is 3.38. The van der Waals surface area contributed by atoms with Crippen LogP contribution < -0.4 is 10.1 Å². The van der Waals surface area contributed by atoms with Crippen LogP contribution in [0.5, 0.6) is 5.75 Å². The minimum atomic E-state index is -0.951. The molecule has 31 heavy (non-hydrogen) atoms. The van der Waals surface area contributed by atoms with Gasteiger partial charge in [-0.1, -0.05) is 53.6 Å². The van der Waals surface area contributed by atoms with E-state index in [0.717, 1.165) is 11.1 Å². The standard InChI is InChI=1S/C24H21ClFNO4/c1-14-4-3-5-17(10-14)13-31-20-9-7-18(25)22(23(20)26)24(30)27-19-8-6-16(11-15(19)2)12-21(28)29/h3-11H,12-13H2,1-2H3,(H,27,30)(H,28,29). The van der Waals surface area contributed by atoms with Gasteiger partial charge in [0, 0.05) is 5.69 Å². The Labute approximate surface area is 184 Å². The fourth-order valence-electron chi connectivity index (χ4n) is 3.15. The first-order valence-electron chi connectivity index (χ1n) is 9.53. The molecule has 7 heteroatoms. The average molecular weight is 442 g/mol. The second kappa shape index (κ2) is 9.62. The van der Waals surface area contributed by atoms with Crippen LogP contribution in [0.15, 0.2) is 54.6 Å². The second-order valence-corrected chi connectivity index (χ2v) is 7.59. The summed E-state index contributed by atoms with van der Waals surface area (Å²) in [5.74, 6) is -2.60. The summed E-state index contributed by atoms with van der Waals surface area (Å²) >= 11 is 6.10. The van der Waals surface area contributed by atoms with Crippen molar-refractivity contribution in [3.05, 3.63) is 93.3 Å². The van der Waals surface area contributed by atoms with E-state index in [0.29, 0.717) is 16.8 Å². The van der Waals surface area contributed by atoms with E-state index in [-0.39, 0.29) is 29.4 Å². The van der Waals surface area contributed by atoms with E-state index in [9.17, 15) is 9.59 Å². The van der Waals surface area contributed by atoms with E-state index in [1.165, 1.54) is 12.1 Å². The molecule has 0 aliphatic heterocycles. The molecule has 0 bridgehead atoms. The van der Waals surface area contributed by atoms with Crippen molar-refractivity contribution in [2.75, 3.05) is 5.32 Å². The molecule has 0 atom stereocenters. The first-order valence-corrected chi connectivity index (χ1v) is 9.91. The zero-order valence-electron chi connectivity index (χ0n) is 17.0. The molecule has 0 aliphatic rings. The lowest BCUT2D eigenvalue weighted by Crippen LogP contribution is -2.16. The highest BCUT2D eigenvalue weighted by atomic mass is 35.5. The number of carbonyl (C=O) groups excluding carboxylic acids is 1. The number of benzene rings is 3. The first kappa shape index (κ1) is 22.3. The number of nitrogens with one attached hydrogen (secondary N) is 1. The number of rotatable bonds is 7. The van der Waals surface area contributed by atoms with Gasteiger partial charge in [0.05, 0.1) is 17.0 Å². The molecule has 0 spiro atoms. The van der Waals surface area contributed by atoms with Crippen LogP contribution in [0.1, 0.15) is 32.6 Å². The van der Waals surface area contributed by atoms with Gasteiger partial charge in [-0.05, 0) is 48.7 Å². The van der Waals surface area contributed by atoms with Gasteiger partial charge in [-0.15, -0.1) is 0 Å². The summed E-state index contributed by atoms with van der Waals surface area (Å²) < 4.78 is 20.6. The Bertz CT molecular complexity index is 1150. The van der Waals surface area contributed by atoms with Crippen molar-refractivity contribution in [2.45, 2.75) is 26.9 Å². The van der Waals surface area contributed by atoms with Gasteiger partial charge in [0.2, 0.25) is 0 Å². The van der Waals surface area contributed by atoms with Gasteiger partial charge in [0.15, 0.2) is 11.6 Å². The maximum Gasteiger partial charge on any atom is 0.307 e. The van der Waals surface area contributed by atoms with Gasteiger partial charge in [-0.2, -0.15) is 0 Å². The maximum atomic E-state index is 15.0. The maximum absolute atomic E-state index is 15.0. The molecule has 1 amide bonds. The number of anilines is 1.